The summed E-state index contributed by atoms with van der Waals surface area (Å²) in [6.45, 7) is 0. The van der Waals surface area contributed by atoms with Crippen molar-refractivity contribution in [1.82, 2.24) is 0 Å². The second-order valence-corrected chi connectivity index (χ2v) is 3.28. The predicted octanol–water partition coefficient (Wildman–Crippen LogP) is 1.35. The predicted molar refractivity (Wildman–Crippen MR) is 54.9 cm³/mol. The number of hydrogen-bond acceptors (Lipinski definition) is 4. The molecule has 0 saturated carbocycles. The number of carbonyl (C=O) groups is 1. The lowest BCUT2D eigenvalue weighted by atomic mass is 10.1. The molecule has 0 amide bonds. The highest BCUT2D eigenvalue weighted by molar-refractivity contribution is 5.78. The first kappa shape index (κ1) is 10.2. The van der Waals surface area contributed by atoms with Crippen molar-refractivity contribution in [3.05, 3.63) is 41.4 Å². The molecule has 0 bridgehead atoms. The topological polar surface area (TPSA) is 83.0 Å². The molecule has 5 heteroatoms. The summed E-state index contributed by atoms with van der Waals surface area (Å²) >= 11 is 0. The van der Waals surface area contributed by atoms with Crippen LogP contribution in [-0.2, 0) is 11.2 Å². The van der Waals surface area contributed by atoms with Crippen LogP contribution in [0.4, 0.5) is 0 Å². The second kappa shape index (κ2) is 4.06. The third-order valence-electron chi connectivity index (χ3n) is 2.22. The van der Waals surface area contributed by atoms with Gasteiger partial charge in [0.05, 0.1) is 12.7 Å². The number of fused-ring (bicyclic) bond motifs is 1. The molecule has 5 nitrogen and oxygen atoms in total. The van der Waals surface area contributed by atoms with Crippen molar-refractivity contribution in [3.63, 3.8) is 0 Å². The Morgan fingerprint density at radius 1 is 1.38 bits per heavy atom. The number of aliphatic carboxylic acids is 1. The van der Waals surface area contributed by atoms with Crippen LogP contribution >= 0.6 is 0 Å². The average molecular weight is 219 g/mol. The molecule has 0 spiro atoms. The Morgan fingerprint density at radius 2 is 2.12 bits per heavy atom. The van der Waals surface area contributed by atoms with E-state index >= 15 is 0 Å². The Labute approximate surface area is 90.2 Å². The number of rotatable bonds is 2. The minimum Gasteiger partial charge on any atom is -0.481 e. The Hall–Kier alpha value is -2.30. The van der Waals surface area contributed by atoms with Gasteiger partial charge in [-0.05, 0) is 12.1 Å². The van der Waals surface area contributed by atoms with Crippen LogP contribution in [0.3, 0.4) is 0 Å². The van der Waals surface area contributed by atoms with Gasteiger partial charge >= 0.3 is 5.97 Å². The summed E-state index contributed by atoms with van der Waals surface area (Å²) in [6, 6.07) is 6.97. The van der Waals surface area contributed by atoms with Crippen molar-refractivity contribution in [2.24, 2.45) is 5.16 Å². The molecule has 0 aliphatic rings. The summed E-state index contributed by atoms with van der Waals surface area (Å²) in [5, 5.41) is 21.6. The van der Waals surface area contributed by atoms with Crippen molar-refractivity contribution in [2.75, 3.05) is 0 Å². The molecule has 1 aromatic heterocycles. The quantitative estimate of drug-likeness (QED) is 0.590. The van der Waals surface area contributed by atoms with Gasteiger partial charge in [-0.2, -0.15) is 0 Å². The molecule has 1 heterocycles. The Kier molecular flexibility index (Phi) is 2.59. The lowest BCUT2D eigenvalue weighted by molar-refractivity contribution is -0.136. The second-order valence-electron chi connectivity index (χ2n) is 3.28. The van der Waals surface area contributed by atoms with Crippen LogP contribution in [0, 0.1) is 0 Å². The normalized spacial score (nSPS) is 11.9. The standard InChI is InChI=1S/C11H9NO4/c13-10(14)5-7-6-16-9-4-2-1-3-8(9)11(7)12-15/h1-4,6,15H,5H2,(H,13,14). The zero-order valence-electron chi connectivity index (χ0n) is 8.25. The molecule has 2 N–H and O–H groups in total. The maximum atomic E-state index is 10.6. The van der Waals surface area contributed by atoms with Crippen molar-refractivity contribution in [1.29, 1.82) is 0 Å². The maximum absolute atomic E-state index is 10.6. The van der Waals surface area contributed by atoms with Crippen LogP contribution in [0.1, 0.15) is 5.56 Å². The van der Waals surface area contributed by atoms with E-state index in [1.54, 1.807) is 24.3 Å². The lowest BCUT2D eigenvalue weighted by Gasteiger charge is -2.01. The highest BCUT2D eigenvalue weighted by atomic mass is 16.4. The minimum absolute atomic E-state index is 0.240. The van der Waals surface area contributed by atoms with Gasteiger partial charge in [0.15, 0.2) is 0 Å². The van der Waals surface area contributed by atoms with Gasteiger partial charge in [0.2, 0.25) is 0 Å². The van der Waals surface area contributed by atoms with Crippen molar-refractivity contribution in [3.8, 4) is 0 Å². The van der Waals surface area contributed by atoms with Crippen molar-refractivity contribution in [2.45, 2.75) is 6.42 Å². The number of carboxylic acid groups (broad SMARTS) is 1. The number of benzene rings is 1. The molecular weight excluding hydrogens is 210 g/mol. The van der Waals surface area contributed by atoms with Crippen LogP contribution in [0.2, 0.25) is 0 Å². The van der Waals surface area contributed by atoms with Gasteiger partial charge in [-0.1, -0.05) is 17.3 Å². The smallest absolute Gasteiger partial charge is 0.308 e. The maximum Gasteiger partial charge on any atom is 0.308 e. The largest absolute Gasteiger partial charge is 0.481 e. The average Bonchev–Trinajstić information content (AvgIpc) is 2.28. The summed E-state index contributed by atoms with van der Waals surface area (Å²) in [4.78, 5) is 10.6. The van der Waals surface area contributed by atoms with Crippen LogP contribution < -0.4 is 5.36 Å². The highest BCUT2D eigenvalue weighted by Gasteiger charge is 2.08. The van der Waals surface area contributed by atoms with Crippen molar-refractivity contribution >= 4 is 16.9 Å². The fourth-order valence-corrected chi connectivity index (χ4v) is 1.53. The third kappa shape index (κ3) is 1.75. The molecule has 16 heavy (non-hydrogen) atoms. The van der Waals surface area contributed by atoms with Gasteiger partial charge in [-0.25, -0.2) is 0 Å². The third-order valence-corrected chi connectivity index (χ3v) is 2.22. The molecule has 0 fully saturated rings. The molecule has 2 aromatic rings. The molecule has 0 radical (unpaired) electrons. The van der Waals surface area contributed by atoms with Gasteiger partial charge in [-0.3, -0.25) is 4.79 Å². The number of hydrogen-bond donors (Lipinski definition) is 2. The van der Waals surface area contributed by atoms with Crippen LogP contribution in [0.5, 0.6) is 0 Å². The molecule has 1 aromatic carbocycles. The molecule has 0 aliphatic heterocycles. The van der Waals surface area contributed by atoms with Crippen molar-refractivity contribution < 1.29 is 19.5 Å². The van der Waals surface area contributed by atoms with E-state index in [1.807, 2.05) is 0 Å². The fraction of sp³-hybridized carbons (Fsp3) is 0.0909. The zero-order valence-corrected chi connectivity index (χ0v) is 8.25. The van der Waals surface area contributed by atoms with E-state index in [0.29, 0.717) is 16.5 Å². The van der Waals surface area contributed by atoms with E-state index in [-0.39, 0.29) is 11.8 Å². The molecule has 2 rings (SSSR count). The van der Waals surface area contributed by atoms with E-state index in [9.17, 15) is 4.79 Å². The van der Waals surface area contributed by atoms with Gasteiger partial charge in [0.1, 0.15) is 10.9 Å². The highest BCUT2D eigenvalue weighted by Crippen LogP contribution is 2.10. The van der Waals surface area contributed by atoms with Gasteiger partial charge in [-0.15, -0.1) is 0 Å². The number of carboxylic acids is 1. The monoisotopic (exact) mass is 219 g/mol. The molecule has 0 saturated heterocycles. The molecule has 0 atom stereocenters. The first-order valence-electron chi connectivity index (χ1n) is 4.61. The SMILES string of the molecule is O=C(O)Cc1coc2ccccc2c1=NO. The molecule has 0 aliphatic carbocycles. The molecular formula is C11H9NO4. The summed E-state index contributed by atoms with van der Waals surface area (Å²) in [6.07, 6.45) is 1.05. The Balaban J connectivity index is 2.74. The minimum atomic E-state index is -1.00. The van der Waals surface area contributed by atoms with E-state index in [1.165, 1.54) is 6.26 Å². The first-order chi connectivity index (χ1) is 7.72. The van der Waals surface area contributed by atoms with Crippen LogP contribution in [-0.4, -0.2) is 16.3 Å². The number of para-hydroxylation sites is 1. The molecule has 0 unspecified atom stereocenters. The van der Waals surface area contributed by atoms with Crippen LogP contribution in [0.15, 0.2) is 40.1 Å². The lowest BCUT2D eigenvalue weighted by Crippen LogP contribution is -2.14. The van der Waals surface area contributed by atoms with E-state index in [0.717, 1.165) is 0 Å². The van der Waals surface area contributed by atoms with Gasteiger partial charge < -0.3 is 14.7 Å². The Bertz CT molecular complexity index is 600. The molecule has 82 valence electrons. The summed E-state index contributed by atoms with van der Waals surface area (Å²) < 4.78 is 5.25. The van der Waals surface area contributed by atoms with Gasteiger partial charge in [0.25, 0.3) is 0 Å². The summed E-state index contributed by atoms with van der Waals surface area (Å²) in [5.41, 5.74) is 0.887. The Morgan fingerprint density at radius 3 is 2.81 bits per heavy atom. The van der Waals surface area contributed by atoms with Gasteiger partial charge in [0, 0.05) is 10.9 Å². The summed E-state index contributed by atoms with van der Waals surface area (Å²) in [7, 11) is 0. The van der Waals surface area contributed by atoms with E-state index in [2.05, 4.69) is 5.16 Å². The van der Waals surface area contributed by atoms with E-state index in [4.69, 9.17) is 14.7 Å². The first-order valence-corrected chi connectivity index (χ1v) is 4.61. The van der Waals surface area contributed by atoms with E-state index < -0.39 is 5.97 Å². The zero-order chi connectivity index (χ0) is 11.5. The van der Waals surface area contributed by atoms with Crippen LogP contribution in [0.25, 0.3) is 11.0 Å². The summed E-state index contributed by atoms with van der Waals surface area (Å²) in [5.74, 6) is -1.00. The number of nitrogens with zero attached hydrogens (tertiary/aromatic N) is 1. The fourth-order valence-electron chi connectivity index (χ4n) is 1.53.